The summed E-state index contributed by atoms with van der Waals surface area (Å²) >= 11 is 0. The first kappa shape index (κ1) is 35.2. The van der Waals surface area contributed by atoms with Crippen molar-refractivity contribution in [1.82, 2.24) is 14.8 Å². The zero-order valence-electron chi connectivity index (χ0n) is 29.7. The van der Waals surface area contributed by atoms with Crippen LogP contribution < -0.4 is 10.6 Å². The summed E-state index contributed by atoms with van der Waals surface area (Å²) in [6, 6.07) is 6.22. The molecule has 0 spiro atoms. The van der Waals surface area contributed by atoms with E-state index in [0.717, 1.165) is 49.4 Å². The number of cyclic esters (lactones) is 1. The van der Waals surface area contributed by atoms with Gasteiger partial charge < -0.3 is 25.0 Å². The van der Waals surface area contributed by atoms with Gasteiger partial charge in [0.1, 0.15) is 24.0 Å². The van der Waals surface area contributed by atoms with E-state index in [1.807, 2.05) is 41.5 Å². The lowest BCUT2D eigenvalue weighted by Gasteiger charge is -2.46. The highest BCUT2D eigenvalue weighted by Gasteiger charge is 2.45. The molecular formula is C38H53FN4O6. The number of carbonyl (C=O) groups excluding carboxylic acids is 4. The second-order valence-corrected chi connectivity index (χ2v) is 16.2. The molecule has 2 aliphatic heterocycles. The summed E-state index contributed by atoms with van der Waals surface area (Å²) in [5, 5.41) is 6.71. The number of aromatic nitrogens is 1. The zero-order valence-corrected chi connectivity index (χ0v) is 29.7. The van der Waals surface area contributed by atoms with Crippen LogP contribution in [0.15, 0.2) is 24.3 Å². The number of carbonyl (C=O) groups is 4. The molecule has 3 atom stereocenters. The van der Waals surface area contributed by atoms with Crippen LogP contribution in [-0.4, -0.2) is 64.2 Å². The average molecular weight is 681 g/mol. The zero-order chi connectivity index (χ0) is 35.1. The van der Waals surface area contributed by atoms with Crippen molar-refractivity contribution in [2.45, 2.75) is 129 Å². The van der Waals surface area contributed by atoms with E-state index in [4.69, 9.17) is 9.47 Å². The monoisotopic (exact) mass is 680 g/mol. The van der Waals surface area contributed by atoms with Crippen molar-refractivity contribution in [2.75, 3.05) is 18.5 Å². The third kappa shape index (κ3) is 7.45. The molecule has 49 heavy (non-hydrogen) atoms. The van der Waals surface area contributed by atoms with Crippen LogP contribution >= 0.6 is 0 Å². The maximum atomic E-state index is 14.4. The maximum absolute atomic E-state index is 14.4. The predicted molar refractivity (Wildman–Crippen MR) is 185 cm³/mol. The van der Waals surface area contributed by atoms with Crippen molar-refractivity contribution in [3.63, 3.8) is 0 Å². The molecule has 1 aromatic heterocycles. The van der Waals surface area contributed by atoms with Gasteiger partial charge in [0.05, 0.1) is 11.6 Å². The standard InChI is InChI=1S/C38H53FN4O6/c1-37(2,3)49-36(47)41-29(22-39)24-13-15-25(16-14-24)34(45)42-19-9-12-28(23-10-7-6-8-11-23)32(42)33(44)40-27-17-18-30-26(20-27)21-31-35(46)48-38(4,5)43(30)31/h17-18,20-21,23-25,28-29,32H,6-16,19,22H2,1-5H3,(H,40,44)(H,41,47)/t24?,25?,28-,29+,32-/m0/s1. The Bertz CT molecular complexity index is 1570. The summed E-state index contributed by atoms with van der Waals surface area (Å²) in [6.07, 6.45) is 9.21. The van der Waals surface area contributed by atoms with Crippen molar-refractivity contribution in [1.29, 1.82) is 0 Å². The summed E-state index contributed by atoms with van der Waals surface area (Å²) in [5.74, 6) is -0.381. The predicted octanol–water partition coefficient (Wildman–Crippen LogP) is 7.30. The van der Waals surface area contributed by atoms with Crippen LogP contribution in [0.3, 0.4) is 0 Å². The Morgan fingerprint density at radius 2 is 1.71 bits per heavy atom. The largest absolute Gasteiger partial charge is 0.444 e. The Morgan fingerprint density at radius 3 is 2.39 bits per heavy atom. The quantitative estimate of drug-likeness (QED) is 0.297. The molecule has 11 heteroatoms. The van der Waals surface area contributed by atoms with Crippen LogP contribution in [-0.2, 0) is 24.8 Å². The summed E-state index contributed by atoms with van der Waals surface area (Å²) < 4.78 is 26.8. The number of piperidine rings is 1. The molecule has 2 aliphatic carbocycles. The first-order valence-electron chi connectivity index (χ1n) is 18.3. The minimum atomic E-state index is -0.796. The van der Waals surface area contributed by atoms with Gasteiger partial charge in [0.2, 0.25) is 11.8 Å². The van der Waals surface area contributed by atoms with Crippen LogP contribution in [0.25, 0.3) is 10.9 Å². The molecule has 1 aromatic carbocycles. The number of nitrogens with one attached hydrogen (secondary N) is 2. The van der Waals surface area contributed by atoms with Crippen molar-refractivity contribution < 1.29 is 33.0 Å². The fourth-order valence-corrected chi connectivity index (χ4v) is 8.97. The number of amides is 3. The number of ether oxygens (including phenoxy) is 2. The lowest BCUT2D eigenvalue weighted by molar-refractivity contribution is -0.148. The van der Waals surface area contributed by atoms with E-state index >= 15 is 0 Å². The number of rotatable bonds is 7. The molecule has 10 nitrogen and oxygen atoms in total. The molecule has 2 saturated carbocycles. The van der Waals surface area contributed by atoms with Crippen molar-refractivity contribution in [2.24, 2.45) is 23.7 Å². The number of fused-ring (bicyclic) bond motifs is 3. The number of hydrogen-bond donors (Lipinski definition) is 2. The lowest BCUT2D eigenvalue weighted by Crippen LogP contribution is -2.57. The van der Waals surface area contributed by atoms with Gasteiger partial charge in [0, 0.05) is 23.5 Å². The first-order valence-corrected chi connectivity index (χ1v) is 18.3. The smallest absolute Gasteiger partial charge is 0.407 e. The second kappa shape index (κ2) is 13.9. The first-order chi connectivity index (χ1) is 23.3. The molecule has 0 unspecified atom stereocenters. The van der Waals surface area contributed by atoms with Crippen molar-refractivity contribution in [3.8, 4) is 0 Å². The summed E-state index contributed by atoms with van der Waals surface area (Å²) in [5.41, 5.74) is 0.492. The molecule has 1 saturated heterocycles. The lowest BCUT2D eigenvalue weighted by atomic mass is 9.71. The molecule has 0 bridgehead atoms. The van der Waals surface area contributed by atoms with Gasteiger partial charge in [-0.2, -0.15) is 0 Å². The molecule has 6 rings (SSSR count). The van der Waals surface area contributed by atoms with Crippen molar-refractivity contribution in [3.05, 3.63) is 30.0 Å². The number of halogens is 1. The van der Waals surface area contributed by atoms with Gasteiger partial charge in [-0.3, -0.25) is 14.2 Å². The van der Waals surface area contributed by atoms with Crippen LogP contribution in [0.1, 0.15) is 116 Å². The molecule has 2 aromatic rings. The number of hydrogen-bond acceptors (Lipinski definition) is 6. The number of nitrogens with zero attached hydrogens (tertiary/aromatic N) is 2. The molecule has 3 fully saturated rings. The minimum Gasteiger partial charge on any atom is -0.444 e. The highest BCUT2D eigenvalue weighted by atomic mass is 19.1. The summed E-state index contributed by atoms with van der Waals surface area (Å²) in [6.45, 7) is 8.85. The van der Waals surface area contributed by atoms with E-state index in [-0.39, 0.29) is 35.5 Å². The SMILES string of the molecule is CC(C)(C)OC(=O)N[C@H](CF)C1CCC(C(=O)N2CCC[C@@H](C3CCCCC3)[C@H]2C(=O)Nc2ccc3c(c2)cc2n3C(C)(C)OC2=O)CC1. The topological polar surface area (TPSA) is 119 Å². The highest BCUT2D eigenvalue weighted by Crippen LogP contribution is 2.41. The van der Waals surface area contributed by atoms with Gasteiger partial charge in [-0.15, -0.1) is 0 Å². The van der Waals surface area contributed by atoms with Crippen LogP contribution in [0.5, 0.6) is 0 Å². The van der Waals surface area contributed by atoms with Gasteiger partial charge in [-0.05, 0) is 115 Å². The van der Waals surface area contributed by atoms with E-state index in [1.54, 1.807) is 26.8 Å². The molecule has 4 aliphatic rings. The summed E-state index contributed by atoms with van der Waals surface area (Å²) in [4.78, 5) is 55.4. The van der Waals surface area contributed by atoms with Crippen LogP contribution in [0, 0.1) is 23.7 Å². The number of alkyl halides is 1. The number of benzene rings is 1. The van der Waals surface area contributed by atoms with E-state index < -0.39 is 36.2 Å². The number of anilines is 1. The van der Waals surface area contributed by atoms with E-state index in [9.17, 15) is 23.6 Å². The average Bonchev–Trinajstić information content (AvgIpc) is 3.56. The van der Waals surface area contributed by atoms with Crippen molar-refractivity contribution >= 4 is 40.5 Å². The fourth-order valence-electron chi connectivity index (χ4n) is 8.97. The van der Waals surface area contributed by atoms with E-state index in [1.165, 1.54) is 6.42 Å². The number of esters is 1. The van der Waals surface area contributed by atoms with Gasteiger partial charge in [0.15, 0.2) is 5.72 Å². The van der Waals surface area contributed by atoms with E-state index in [0.29, 0.717) is 49.5 Å². The Labute approximate surface area is 288 Å². The van der Waals surface area contributed by atoms with Crippen LogP contribution in [0.4, 0.5) is 14.9 Å². The second-order valence-electron chi connectivity index (χ2n) is 16.2. The molecule has 2 N–H and O–H groups in total. The van der Waals surface area contributed by atoms with E-state index in [2.05, 4.69) is 10.6 Å². The van der Waals surface area contributed by atoms with Gasteiger partial charge in [-0.25, -0.2) is 14.0 Å². The Balaban J connectivity index is 1.18. The Morgan fingerprint density at radius 1 is 1.00 bits per heavy atom. The maximum Gasteiger partial charge on any atom is 0.407 e. The summed E-state index contributed by atoms with van der Waals surface area (Å²) in [7, 11) is 0. The molecule has 268 valence electrons. The normalized spacial score (nSPS) is 26.5. The third-order valence-electron chi connectivity index (χ3n) is 11.2. The third-order valence-corrected chi connectivity index (χ3v) is 11.2. The molecular weight excluding hydrogens is 627 g/mol. The fraction of sp³-hybridized carbons (Fsp3) is 0.684. The number of alkyl carbamates (subject to hydrolysis) is 1. The van der Waals surface area contributed by atoms with Gasteiger partial charge in [-0.1, -0.05) is 32.1 Å². The minimum absolute atomic E-state index is 0.0102. The van der Waals surface area contributed by atoms with Gasteiger partial charge >= 0.3 is 12.1 Å². The van der Waals surface area contributed by atoms with Gasteiger partial charge in [0.25, 0.3) is 0 Å². The Kier molecular flexibility index (Phi) is 10.0. The Hall–Kier alpha value is -3.63. The molecule has 3 heterocycles. The van der Waals surface area contributed by atoms with Crippen LogP contribution in [0.2, 0.25) is 0 Å². The molecule has 0 radical (unpaired) electrons. The molecule has 3 amide bonds. The number of likely N-dealkylation sites (tertiary alicyclic amines) is 1. The highest BCUT2D eigenvalue weighted by molar-refractivity contribution is 6.02.